The van der Waals surface area contributed by atoms with Gasteiger partial charge in [0.1, 0.15) is 5.69 Å². The Morgan fingerprint density at radius 1 is 0.889 bits per heavy atom. The first-order valence-corrected chi connectivity index (χ1v) is 6.05. The molecule has 0 bridgehead atoms. The zero-order chi connectivity index (χ0) is 13.2. The molecule has 18 heavy (non-hydrogen) atoms. The Labute approximate surface area is 108 Å². The maximum Gasteiger partial charge on any atom is 0.115 e. The van der Waals surface area contributed by atoms with E-state index in [0.717, 1.165) is 11.1 Å². The summed E-state index contributed by atoms with van der Waals surface area (Å²) < 4.78 is 0. The van der Waals surface area contributed by atoms with Crippen LogP contribution in [-0.4, -0.2) is 0 Å². The lowest BCUT2D eigenvalue weighted by atomic mass is 9.86. The van der Waals surface area contributed by atoms with Crippen LogP contribution in [0.25, 0.3) is 11.1 Å². The summed E-state index contributed by atoms with van der Waals surface area (Å²) in [6, 6.07) is 15.7. The molecule has 2 rings (SSSR count). The van der Waals surface area contributed by atoms with Crippen molar-refractivity contribution >= 4 is 5.69 Å². The Hall–Kier alpha value is -1.96. The maximum absolute atomic E-state index is 10.8. The summed E-state index contributed by atoms with van der Waals surface area (Å²) in [5.41, 5.74) is 3.82. The first-order valence-electron chi connectivity index (χ1n) is 6.05. The van der Waals surface area contributed by atoms with Crippen LogP contribution in [0.15, 0.2) is 53.7 Å². The highest BCUT2D eigenvalue weighted by molar-refractivity contribution is 5.75. The molecule has 2 aromatic rings. The minimum Gasteiger partial charge on any atom is -0.145 e. The first kappa shape index (κ1) is 12.5. The molecule has 0 aliphatic carbocycles. The Kier molecular flexibility index (Phi) is 3.28. The van der Waals surface area contributed by atoms with E-state index in [-0.39, 0.29) is 5.41 Å². The van der Waals surface area contributed by atoms with Gasteiger partial charge < -0.3 is 0 Å². The number of rotatable bonds is 2. The van der Waals surface area contributed by atoms with Gasteiger partial charge in [0, 0.05) is 5.56 Å². The molecule has 2 heteroatoms. The molecule has 0 fully saturated rings. The van der Waals surface area contributed by atoms with Crippen molar-refractivity contribution in [3.63, 3.8) is 0 Å². The molecule has 0 saturated carbocycles. The molecule has 0 saturated heterocycles. The average molecular weight is 239 g/mol. The Morgan fingerprint density at radius 3 is 2.06 bits per heavy atom. The van der Waals surface area contributed by atoms with E-state index in [4.69, 9.17) is 0 Å². The summed E-state index contributed by atoms with van der Waals surface area (Å²) in [6.45, 7) is 6.55. The summed E-state index contributed by atoms with van der Waals surface area (Å²) in [5, 5.41) is 3.07. The highest BCUT2D eigenvalue weighted by Crippen LogP contribution is 2.31. The van der Waals surface area contributed by atoms with Crippen molar-refractivity contribution in [2.45, 2.75) is 26.2 Å². The van der Waals surface area contributed by atoms with Gasteiger partial charge in [-0.2, -0.15) is 0 Å². The van der Waals surface area contributed by atoms with Crippen molar-refractivity contribution in [1.82, 2.24) is 0 Å². The van der Waals surface area contributed by atoms with Gasteiger partial charge in [0.15, 0.2) is 0 Å². The van der Waals surface area contributed by atoms with Crippen LogP contribution >= 0.6 is 0 Å². The Morgan fingerprint density at radius 2 is 1.50 bits per heavy atom. The van der Waals surface area contributed by atoms with E-state index < -0.39 is 0 Å². The molecule has 0 heterocycles. The standard InChI is InChI=1S/C16H17NO/c1-16(2,3)13-10-8-12(9-11-13)14-6-4-5-7-15(14)17-18/h4-11H,1-3H3. The van der Waals surface area contributed by atoms with Crippen LogP contribution in [0, 0.1) is 4.91 Å². The van der Waals surface area contributed by atoms with Crippen molar-refractivity contribution in [2.75, 3.05) is 0 Å². The van der Waals surface area contributed by atoms with Gasteiger partial charge in [0.05, 0.1) is 0 Å². The van der Waals surface area contributed by atoms with Crippen LogP contribution in [0.1, 0.15) is 26.3 Å². The minimum absolute atomic E-state index is 0.140. The average Bonchev–Trinajstić information content (AvgIpc) is 2.38. The smallest absolute Gasteiger partial charge is 0.115 e. The summed E-state index contributed by atoms with van der Waals surface area (Å²) in [6.07, 6.45) is 0. The van der Waals surface area contributed by atoms with Gasteiger partial charge in [-0.3, -0.25) is 0 Å². The van der Waals surface area contributed by atoms with E-state index in [9.17, 15) is 4.91 Å². The van der Waals surface area contributed by atoms with Gasteiger partial charge >= 0.3 is 0 Å². The molecule has 0 aromatic heterocycles. The molecule has 0 N–H and O–H groups in total. The van der Waals surface area contributed by atoms with Gasteiger partial charge in [0.2, 0.25) is 0 Å². The quantitative estimate of drug-likeness (QED) is 0.674. The molecule has 0 atom stereocenters. The number of nitrogens with zero attached hydrogens (tertiary/aromatic N) is 1. The fraction of sp³-hybridized carbons (Fsp3) is 0.250. The molecule has 0 unspecified atom stereocenters. The molecular formula is C16H17NO. The molecular weight excluding hydrogens is 222 g/mol. The van der Waals surface area contributed by atoms with Crippen molar-refractivity contribution < 1.29 is 0 Å². The lowest BCUT2D eigenvalue weighted by molar-refractivity contribution is 0.590. The third-order valence-corrected chi connectivity index (χ3v) is 3.06. The molecule has 92 valence electrons. The predicted octanol–water partition coefficient (Wildman–Crippen LogP) is 5.05. The van der Waals surface area contributed by atoms with Crippen LogP contribution in [0.4, 0.5) is 5.69 Å². The highest BCUT2D eigenvalue weighted by atomic mass is 16.3. The monoisotopic (exact) mass is 239 g/mol. The van der Waals surface area contributed by atoms with Crippen molar-refractivity contribution in [3.8, 4) is 11.1 Å². The van der Waals surface area contributed by atoms with Crippen LogP contribution < -0.4 is 0 Å². The SMILES string of the molecule is CC(C)(C)c1ccc(-c2ccccc2N=O)cc1. The Balaban J connectivity index is 2.44. The second-order valence-corrected chi connectivity index (χ2v) is 5.44. The third-order valence-electron chi connectivity index (χ3n) is 3.06. The van der Waals surface area contributed by atoms with Gasteiger partial charge in [-0.15, -0.1) is 4.91 Å². The zero-order valence-electron chi connectivity index (χ0n) is 11.0. The van der Waals surface area contributed by atoms with Crippen molar-refractivity contribution in [2.24, 2.45) is 5.18 Å². The fourth-order valence-electron chi connectivity index (χ4n) is 1.95. The third kappa shape index (κ3) is 2.48. The Bertz CT molecular complexity index is 550. The first-order chi connectivity index (χ1) is 8.52. The molecule has 2 nitrogen and oxygen atoms in total. The number of hydrogen-bond acceptors (Lipinski definition) is 2. The lowest BCUT2D eigenvalue weighted by Crippen LogP contribution is -2.10. The summed E-state index contributed by atoms with van der Waals surface area (Å²) in [4.78, 5) is 10.8. The molecule has 0 aliphatic heterocycles. The van der Waals surface area contributed by atoms with E-state index >= 15 is 0 Å². The number of benzene rings is 2. The summed E-state index contributed by atoms with van der Waals surface area (Å²) in [7, 11) is 0. The molecule has 2 aromatic carbocycles. The van der Waals surface area contributed by atoms with Gasteiger partial charge in [-0.25, -0.2) is 0 Å². The van der Waals surface area contributed by atoms with E-state index in [1.165, 1.54) is 5.56 Å². The van der Waals surface area contributed by atoms with Crippen LogP contribution in [-0.2, 0) is 5.41 Å². The minimum atomic E-state index is 0.140. The van der Waals surface area contributed by atoms with E-state index in [1.807, 2.05) is 30.3 Å². The number of nitroso groups, excluding NO2 is 1. The normalized spacial score (nSPS) is 11.3. The zero-order valence-corrected chi connectivity index (χ0v) is 11.0. The van der Waals surface area contributed by atoms with E-state index in [0.29, 0.717) is 5.69 Å². The van der Waals surface area contributed by atoms with Crippen LogP contribution in [0.2, 0.25) is 0 Å². The van der Waals surface area contributed by atoms with Gasteiger partial charge in [0.25, 0.3) is 0 Å². The number of hydrogen-bond donors (Lipinski definition) is 0. The van der Waals surface area contributed by atoms with Crippen molar-refractivity contribution in [1.29, 1.82) is 0 Å². The van der Waals surface area contributed by atoms with E-state index in [2.05, 4.69) is 38.1 Å². The predicted molar refractivity (Wildman–Crippen MR) is 76.0 cm³/mol. The molecule has 0 aliphatic rings. The summed E-state index contributed by atoms with van der Waals surface area (Å²) >= 11 is 0. The van der Waals surface area contributed by atoms with Gasteiger partial charge in [-0.1, -0.05) is 63.2 Å². The van der Waals surface area contributed by atoms with Crippen molar-refractivity contribution in [3.05, 3.63) is 59.0 Å². The fourth-order valence-corrected chi connectivity index (χ4v) is 1.95. The molecule has 0 radical (unpaired) electrons. The highest BCUT2D eigenvalue weighted by Gasteiger charge is 2.13. The maximum atomic E-state index is 10.8. The topological polar surface area (TPSA) is 29.4 Å². The largest absolute Gasteiger partial charge is 0.145 e. The second kappa shape index (κ2) is 4.73. The van der Waals surface area contributed by atoms with Crippen LogP contribution in [0.5, 0.6) is 0 Å². The van der Waals surface area contributed by atoms with E-state index in [1.54, 1.807) is 6.07 Å². The lowest BCUT2D eigenvalue weighted by Gasteiger charge is -2.19. The van der Waals surface area contributed by atoms with Crippen LogP contribution in [0.3, 0.4) is 0 Å². The van der Waals surface area contributed by atoms with Gasteiger partial charge in [-0.05, 0) is 27.8 Å². The molecule has 0 amide bonds. The summed E-state index contributed by atoms with van der Waals surface area (Å²) in [5.74, 6) is 0. The second-order valence-electron chi connectivity index (χ2n) is 5.44. The molecule has 0 spiro atoms.